The van der Waals surface area contributed by atoms with Crippen molar-refractivity contribution in [2.45, 2.75) is 43.0 Å². The van der Waals surface area contributed by atoms with Gasteiger partial charge in [-0.2, -0.15) is 0 Å². The summed E-state index contributed by atoms with van der Waals surface area (Å²) in [6.07, 6.45) is 1.22. The van der Waals surface area contributed by atoms with Crippen LogP contribution in [0.4, 0.5) is 5.69 Å². The lowest BCUT2D eigenvalue weighted by molar-refractivity contribution is -0.129. The Morgan fingerprint density at radius 2 is 1.72 bits per heavy atom. The van der Waals surface area contributed by atoms with Gasteiger partial charge in [0.15, 0.2) is 9.84 Å². The average molecular weight is 551 g/mol. The highest BCUT2D eigenvalue weighted by atomic mass is 32.2. The highest BCUT2D eigenvalue weighted by Gasteiger charge is 2.30. The van der Waals surface area contributed by atoms with Gasteiger partial charge in [-0.3, -0.25) is 14.4 Å². The summed E-state index contributed by atoms with van der Waals surface area (Å²) in [4.78, 5) is 40.2. The Hall–Kier alpha value is -3.76. The Balaban J connectivity index is 1.41. The van der Waals surface area contributed by atoms with Crippen LogP contribution in [0.2, 0.25) is 0 Å². The summed E-state index contributed by atoms with van der Waals surface area (Å²) in [5, 5.41) is 7.83. The van der Waals surface area contributed by atoms with Crippen molar-refractivity contribution in [2.75, 3.05) is 30.3 Å². The highest BCUT2D eigenvalue weighted by Crippen LogP contribution is 2.30. The Bertz CT molecular complexity index is 1460. The lowest BCUT2D eigenvalue weighted by Gasteiger charge is -2.23. The summed E-state index contributed by atoms with van der Waals surface area (Å²) < 4.78 is 25.2. The number of benzene rings is 3. The van der Waals surface area contributed by atoms with E-state index < -0.39 is 15.9 Å². The molecule has 10 heteroatoms. The number of sulfone groups is 1. The van der Waals surface area contributed by atoms with Gasteiger partial charge >= 0.3 is 0 Å². The van der Waals surface area contributed by atoms with Gasteiger partial charge in [0.1, 0.15) is 6.04 Å². The Morgan fingerprint density at radius 1 is 0.974 bits per heavy atom. The third-order valence-corrected chi connectivity index (χ3v) is 8.50. The smallest absolute Gasteiger partial charge is 0.242 e. The molecule has 0 unspecified atom stereocenters. The van der Waals surface area contributed by atoms with Crippen LogP contribution in [-0.4, -0.2) is 57.6 Å². The number of nitrogens with two attached hydrogens (primary N) is 1. The molecule has 3 aromatic rings. The maximum atomic E-state index is 12.9. The number of carbonyl (C=O) groups is 3. The van der Waals surface area contributed by atoms with E-state index in [0.29, 0.717) is 38.0 Å². The van der Waals surface area contributed by atoms with Gasteiger partial charge in [-0.1, -0.05) is 54.6 Å². The Morgan fingerprint density at radius 3 is 2.51 bits per heavy atom. The molecular formula is C29H34N4O5S. The number of hydrogen-bond donors (Lipinski definition) is 3. The van der Waals surface area contributed by atoms with E-state index in [9.17, 15) is 22.8 Å². The molecule has 4 N–H and O–H groups in total. The van der Waals surface area contributed by atoms with Gasteiger partial charge in [0.25, 0.3) is 0 Å². The van der Waals surface area contributed by atoms with Gasteiger partial charge in [-0.15, -0.1) is 0 Å². The summed E-state index contributed by atoms with van der Waals surface area (Å²) in [7, 11) is -3.56. The van der Waals surface area contributed by atoms with E-state index in [1.54, 1.807) is 18.2 Å². The van der Waals surface area contributed by atoms with Gasteiger partial charge in [-0.25, -0.2) is 8.42 Å². The molecule has 1 heterocycles. The van der Waals surface area contributed by atoms with E-state index in [2.05, 4.69) is 10.6 Å². The first kappa shape index (κ1) is 28.3. The molecule has 1 aliphatic heterocycles. The minimum absolute atomic E-state index is 0.0724. The predicted octanol–water partition coefficient (Wildman–Crippen LogP) is 2.32. The Kier molecular flexibility index (Phi) is 9.32. The molecule has 3 aromatic carbocycles. The van der Waals surface area contributed by atoms with Crippen LogP contribution in [0.25, 0.3) is 10.8 Å². The highest BCUT2D eigenvalue weighted by molar-refractivity contribution is 7.91. The maximum Gasteiger partial charge on any atom is 0.242 e. The molecule has 1 aliphatic rings. The van der Waals surface area contributed by atoms with Gasteiger partial charge in [-0.05, 0) is 47.9 Å². The molecule has 0 saturated carbocycles. The number of nitrogens with zero attached hydrogens (tertiary/aromatic N) is 1. The first-order valence-corrected chi connectivity index (χ1v) is 14.8. The largest absolute Gasteiger partial charge is 0.354 e. The number of anilines is 1. The second kappa shape index (κ2) is 12.9. The van der Waals surface area contributed by atoms with E-state index in [0.717, 1.165) is 16.3 Å². The first-order valence-electron chi connectivity index (χ1n) is 13.2. The molecule has 39 heavy (non-hydrogen) atoms. The van der Waals surface area contributed by atoms with Crippen LogP contribution in [0.3, 0.4) is 0 Å². The topological polar surface area (TPSA) is 139 Å². The van der Waals surface area contributed by atoms with Crippen molar-refractivity contribution >= 4 is 44.0 Å². The third kappa shape index (κ3) is 7.21. The van der Waals surface area contributed by atoms with Crippen molar-refractivity contribution in [3.63, 3.8) is 0 Å². The fraction of sp³-hybridized carbons (Fsp3) is 0.345. The number of fused-ring (bicyclic) bond motifs is 2. The van der Waals surface area contributed by atoms with E-state index in [1.165, 1.54) is 11.0 Å². The molecule has 0 radical (unpaired) electrons. The molecule has 4 rings (SSSR count). The van der Waals surface area contributed by atoms with Crippen LogP contribution in [-0.2, 0) is 30.6 Å². The molecule has 0 aliphatic carbocycles. The average Bonchev–Trinajstić information content (AvgIpc) is 3.02. The molecule has 0 fully saturated rings. The number of hydrogen-bond acceptors (Lipinski definition) is 6. The summed E-state index contributed by atoms with van der Waals surface area (Å²) in [5.74, 6) is -1.14. The van der Waals surface area contributed by atoms with Gasteiger partial charge in [0, 0.05) is 32.4 Å². The summed E-state index contributed by atoms with van der Waals surface area (Å²) in [6.45, 7) is 1.05. The summed E-state index contributed by atoms with van der Waals surface area (Å²) >= 11 is 0. The molecule has 0 bridgehead atoms. The zero-order chi connectivity index (χ0) is 27.8. The lowest BCUT2D eigenvalue weighted by Crippen LogP contribution is -2.48. The van der Waals surface area contributed by atoms with Crippen LogP contribution in [0.15, 0.2) is 71.6 Å². The molecule has 206 valence electrons. The number of amides is 3. The molecule has 9 nitrogen and oxygen atoms in total. The van der Waals surface area contributed by atoms with Crippen LogP contribution in [0.5, 0.6) is 0 Å². The fourth-order valence-corrected chi connectivity index (χ4v) is 6.15. The van der Waals surface area contributed by atoms with Crippen LogP contribution >= 0.6 is 0 Å². The molecule has 0 saturated heterocycles. The van der Waals surface area contributed by atoms with E-state index in [4.69, 9.17) is 5.73 Å². The fourth-order valence-electron chi connectivity index (χ4n) is 4.70. The van der Waals surface area contributed by atoms with E-state index >= 15 is 0 Å². The van der Waals surface area contributed by atoms with Crippen LogP contribution < -0.4 is 21.3 Å². The minimum Gasteiger partial charge on any atom is -0.354 e. The third-order valence-electron chi connectivity index (χ3n) is 6.75. The number of nitrogens with one attached hydrogen (secondary N) is 2. The zero-order valence-corrected chi connectivity index (χ0v) is 22.6. The quantitative estimate of drug-likeness (QED) is 0.313. The number of carbonyl (C=O) groups excluding carboxylic acids is 3. The summed E-state index contributed by atoms with van der Waals surface area (Å²) in [5.41, 5.74) is 6.81. The van der Waals surface area contributed by atoms with E-state index in [-0.39, 0.29) is 47.8 Å². The van der Waals surface area contributed by atoms with Gasteiger partial charge in [0.05, 0.1) is 16.3 Å². The van der Waals surface area contributed by atoms with Crippen molar-refractivity contribution in [2.24, 2.45) is 5.73 Å². The SMILES string of the molecule is NCCCNC(=O)[C@@H](Cc1ccc2ccccc2c1)NC(=O)CCCN1C(=O)CCS(=O)(=O)c2ccccc21. The van der Waals surface area contributed by atoms with Crippen molar-refractivity contribution in [3.8, 4) is 0 Å². The van der Waals surface area contributed by atoms with Crippen molar-refractivity contribution in [3.05, 3.63) is 72.3 Å². The standard InChI is InChI=1S/C29H34N4O5S/c30-15-6-16-31-29(36)24(20-21-12-13-22-7-1-2-8-23(22)19-21)32-27(34)11-5-17-33-25-9-3-4-10-26(25)39(37,38)18-14-28(33)35/h1-4,7-10,12-13,19,24H,5-6,11,14-18,20,30H2,(H,31,36)(H,32,34)/t24-/m1/s1. The number of rotatable bonds is 11. The monoisotopic (exact) mass is 550 g/mol. The molecule has 0 spiro atoms. The van der Waals surface area contributed by atoms with E-state index in [1.807, 2.05) is 42.5 Å². The van der Waals surface area contributed by atoms with Crippen LogP contribution in [0.1, 0.15) is 31.2 Å². The lowest BCUT2D eigenvalue weighted by atomic mass is 10.0. The van der Waals surface area contributed by atoms with Crippen molar-refractivity contribution in [1.82, 2.24) is 10.6 Å². The first-order chi connectivity index (χ1) is 18.8. The second-order valence-corrected chi connectivity index (χ2v) is 11.7. The molecule has 0 aromatic heterocycles. The minimum atomic E-state index is -3.56. The summed E-state index contributed by atoms with van der Waals surface area (Å²) in [6, 6.07) is 19.5. The molecule has 3 amide bonds. The molecule has 1 atom stereocenters. The Labute approximate surface area is 228 Å². The van der Waals surface area contributed by atoms with Crippen molar-refractivity contribution in [1.29, 1.82) is 0 Å². The maximum absolute atomic E-state index is 12.9. The predicted molar refractivity (Wildman–Crippen MR) is 151 cm³/mol. The second-order valence-electron chi connectivity index (χ2n) is 9.62. The van der Waals surface area contributed by atoms with Crippen molar-refractivity contribution < 1.29 is 22.8 Å². The molecular weight excluding hydrogens is 516 g/mol. The number of para-hydroxylation sites is 1. The zero-order valence-electron chi connectivity index (χ0n) is 21.8. The van der Waals surface area contributed by atoms with Crippen LogP contribution in [0, 0.1) is 0 Å². The normalized spacial score (nSPS) is 15.3. The van der Waals surface area contributed by atoms with Gasteiger partial charge < -0.3 is 21.3 Å². The van der Waals surface area contributed by atoms with Gasteiger partial charge in [0.2, 0.25) is 17.7 Å².